The van der Waals surface area contributed by atoms with E-state index in [-0.39, 0.29) is 12.1 Å². The minimum absolute atomic E-state index is 0.114. The monoisotopic (exact) mass is 317 g/mol. The van der Waals surface area contributed by atoms with E-state index in [4.69, 9.17) is 9.84 Å². The summed E-state index contributed by atoms with van der Waals surface area (Å²) >= 11 is 0. The Hall–Kier alpha value is -3.09. The van der Waals surface area contributed by atoms with Crippen molar-refractivity contribution in [2.75, 3.05) is 7.11 Å². The molecule has 1 aromatic carbocycles. The van der Waals surface area contributed by atoms with Gasteiger partial charge in [0.05, 0.1) is 24.6 Å². The molecule has 7 nitrogen and oxygen atoms in total. The van der Waals surface area contributed by atoms with Crippen LogP contribution < -0.4 is 4.74 Å². The quantitative estimate of drug-likeness (QED) is 0.745. The van der Waals surface area contributed by atoms with E-state index in [0.717, 1.165) is 11.8 Å². The van der Waals surface area contributed by atoms with Gasteiger partial charge in [0.1, 0.15) is 17.1 Å². The van der Waals surface area contributed by atoms with Crippen LogP contribution >= 0.6 is 0 Å². The van der Waals surface area contributed by atoms with Crippen LogP contribution in [0.15, 0.2) is 30.5 Å². The summed E-state index contributed by atoms with van der Waals surface area (Å²) in [5.74, 6) is -2.90. The minimum Gasteiger partial charge on any atom is -0.505 e. The summed E-state index contributed by atoms with van der Waals surface area (Å²) in [7, 11) is 1.56. The zero-order chi connectivity index (χ0) is 17.0. The Morgan fingerprint density at radius 1 is 1.04 bits per heavy atom. The van der Waals surface area contributed by atoms with Crippen LogP contribution in [0, 0.1) is 0 Å². The smallest absolute Gasteiger partial charge is 0.340 e. The molecule has 0 radical (unpaired) electrons. The fraction of sp³-hybridized carbons (Fsp3) is 0.188. The van der Waals surface area contributed by atoms with Crippen LogP contribution in [-0.2, 0) is 12.8 Å². The lowest BCUT2D eigenvalue weighted by Gasteiger charge is -2.10. The van der Waals surface area contributed by atoms with Crippen molar-refractivity contribution in [1.82, 2.24) is 4.98 Å². The van der Waals surface area contributed by atoms with Crippen molar-refractivity contribution in [3.63, 3.8) is 0 Å². The third-order valence-electron chi connectivity index (χ3n) is 3.37. The molecule has 0 atom stereocenters. The summed E-state index contributed by atoms with van der Waals surface area (Å²) in [5.41, 5.74) is -0.0827. The minimum atomic E-state index is -1.51. The third kappa shape index (κ3) is 3.57. The van der Waals surface area contributed by atoms with Gasteiger partial charge in [-0.25, -0.2) is 9.59 Å². The second kappa shape index (κ2) is 6.78. The highest BCUT2D eigenvalue weighted by Crippen LogP contribution is 2.24. The molecule has 23 heavy (non-hydrogen) atoms. The number of aryl methyl sites for hydroxylation is 2. The largest absolute Gasteiger partial charge is 0.505 e. The highest BCUT2D eigenvalue weighted by atomic mass is 16.5. The predicted octanol–water partition coefficient (Wildman–Crippen LogP) is 1.98. The number of ether oxygens (including phenoxy) is 1. The number of carboxylic acids is 2. The lowest BCUT2D eigenvalue weighted by molar-refractivity contribution is 0.0646. The maximum Gasteiger partial charge on any atom is 0.340 e. The van der Waals surface area contributed by atoms with E-state index in [2.05, 4.69) is 4.98 Å². The van der Waals surface area contributed by atoms with E-state index >= 15 is 0 Å². The predicted molar refractivity (Wildman–Crippen MR) is 80.2 cm³/mol. The Morgan fingerprint density at radius 3 is 2.17 bits per heavy atom. The highest BCUT2D eigenvalue weighted by molar-refractivity contribution is 6.04. The van der Waals surface area contributed by atoms with Gasteiger partial charge in [-0.3, -0.25) is 4.98 Å². The molecule has 0 amide bonds. The average molecular weight is 317 g/mol. The molecule has 120 valence electrons. The number of nitrogens with zero attached hydrogens (tertiary/aromatic N) is 1. The first-order chi connectivity index (χ1) is 10.9. The number of carbonyl (C=O) groups is 2. The molecule has 0 aliphatic heterocycles. The van der Waals surface area contributed by atoms with Crippen LogP contribution in [0.2, 0.25) is 0 Å². The summed E-state index contributed by atoms with van der Waals surface area (Å²) in [6, 6.07) is 7.22. The summed E-state index contributed by atoms with van der Waals surface area (Å²) < 4.78 is 5.05. The maximum absolute atomic E-state index is 11.4. The standard InChI is InChI=1S/C16H15NO6/c1-23-10-5-2-9(3-6-10)4-7-11-13(15(19)20)14(16(21)22)12(18)8-17-11/h2-3,5-6,8,18H,4,7H2,1H3,(H,19,20)(H,21,22). The average Bonchev–Trinajstić information content (AvgIpc) is 2.53. The van der Waals surface area contributed by atoms with Gasteiger partial charge < -0.3 is 20.1 Å². The zero-order valence-electron chi connectivity index (χ0n) is 12.3. The van der Waals surface area contributed by atoms with Crippen LogP contribution in [-0.4, -0.2) is 39.4 Å². The van der Waals surface area contributed by atoms with Crippen molar-refractivity contribution in [3.8, 4) is 11.5 Å². The SMILES string of the molecule is COc1ccc(CCc2ncc(O)c(C(=O)O)c2C(=O)O)cc1. The number of aromatic nitrogens is 1. The Bertz CT molecular complexity index is 739. The van der Waals surface area contributed by atoms with Crippen molar-refractivity contribution >= 4 is 11.9 Å². The molecule has 0 aliphatic rings. The summed E-state index contributed by atoms with van der Waals surface area (Å²) in [4.78, 5) is 26.4. The molecule has 2 rings (SSSR count). The van der Waals surface area contributed by atoms with Crippen LogP contribution in [0.25, 0.3) is 0 Å². The summed E-state index contributed by atoms with van der Waals surface area (Å²) in [5, 5.41) is 27.9. The molecule has 0 aliphatic carbocycles. The van der Waals surface area contributed by atoms with Crippen molar-refractivity contribution in [3.05, 3.63) is 52.8 Å². The fourth-order valence-corrected chi connectivity index (χ4v) is 2.23. The lowest BCUT2D eigenvalue weighted by atomic mass is 10.0. The zero-order valence-corrected chi connectivity index (χ0v) is 12.3. The molecule has 0 fully saturated rings. The normalized spacial score (nSPS) is 10.3. The van der Waals surface area contributed by atoms with Gasteiger partial charge in [0.25, 0.3) is 0 Å². The van der Waals surface area contributed by atoms with Crippen LogP contribution in [0.3, 0.4) is 0 Å². The molecule has 0 saturated carbocycles. The molecule has 3 N–H and O–H groups in total. The van der Waals surface area contributed by atoms with Gasteiger partial charge >= 0.3 is 11.9 Å². The molecule has 0 unspecified atom stereocenters. The Morgan fingerprint density at radius 2 is 1.65 bits per heavy atom. The number of rotatable bonds is 6. The van der Waals surface area contributed by atoms with E-state index in [1.165, 1.54) is 0 Å². The van der Waals surface area contributed by atoms with Gasteiger partial charge in [-0.2, -0.15) is 0 Å². The number of aromatic carboxylic acids is 2. The van der Waals surface area contributed by atoms with Crippen LogP contribution in [0.5, 0.6) is 11.5 Å². The van der Waals surface area contributed by atoms with E-state index in [1.807, 2.05) is 12.1 Å². The van der Waals surface area contributed by atoms with Crippen molar-refractivity contribution in [2.45, 2.75) is 12.8 Å². The number of methoxy groups -OCH3 is 1. The summed E-state index contributed by atoms with van der Waals surface area (Å²) in [6.07, 6.45) is 1.66. The molecule has 1 heterocycles. The second-order valence-electron chi connectivity index (χ2n) is 4.80. The topological polar surface area (TPSA) is 117 Å². The Balaban J connectivity index is 2.30. The summed E-state index contributed by atoms with van der Waals surface area (Å²) in [6.45, 7) is 0. The van der Waals surface area contributed by atoms with Crippen LogP contribution in [0.4, 0.5) is 0 Å². The molecular formula is C16H15NO6. The molecule has 0 bridgehead atoms. The van der Waals surface area contributed by atoms with E-state index in [1.54, 1.807) is 19.2 Å². The Kier molecular flexibility index (Phi) is 4.80. The molecule has 0 spiro atoms. The number of hydrogen-bond acceptors (Lipinski definition) is 5. The molecule has 0 saturated heterocycles. The van der Waals surface area contributed by atoms with Crippen molar-refractivity contribution < 1.29 is 29.6 Å². The van der Waals surface area contributed by atoms with Gasteiger partial charge in [0, 0.05) is 0 Å². The fourth-order valence-electron chi connectivity index (χ4n) is 2.23. The Labute approximate surface area is 131 Å². The van der Waals surface area contributed by atoms with Gasteiger partial charge in [0.2, 0.25) is 0 Å². The highest BCUT2D eigenvalue weighted by Gasteiger charge is 2.25. The molecule has 1 aromatic heterocycles. The maximum atomic E-state index is 11.4. The number of hydrogen-bond donors (Lipinski definition) is 3. The number of aromatic hydroxyl groups is 1. The molecule has 7 heteroatoms. The first kappa shape index (κ1) is 16.3. The van der Waals surface area contributed by atoms with Crippen LogP contribution in [0.1, 0.15) is 32.0 Å². The van der Waals surface area contributed by atoms with E-state index < -0.39 is 28.8 Å². The van der Waals surface area contributed by atoms with Crippen molar-refractivity contribution in [2.24, 2.45) is 0 Å². The van der Waals surface area contributed by atoms with Gasteiger partial charge in [-0.05, 0) is 30.5 Å². The second-order valence-corrected chi connectivity index (χ2v) is 4.80. The number of pyridine rings is 1. The lowest BCUT2D eigenvalue weighted by Crippen LogP contribution is -2.14. The molecule has 2 aromatic rings. The van der Waals surface area contributed by atoms with Gasteiger partial charge in [-0.15, -0.1) is 0 Å². The molecular weight excluding hydrogens is 302 g/mol. The first-order valence-electron chi connectivity index (χ1n) is 6.74. The van der Waals surface area contributed by atoms with Gasteiger partial charge in [-0.1, -0.05) is 12.1 Å². The van der Waals surface area contributed by atoms with E-state index in [9.17, 15) is 19.8 Å². The van der Waals surface area contributed by atoms with Crippen molar-refractivity contribution in [1.29, 1.82) is 0 Å². The number of carboxylic acid groups (broad SMARTS) is 2. The third-order valence-corrected chi connectivity index (χ3v) is 3.37. The van der Waals surface area contributed by atoms with E-state index in [0.29, 0.717) is 12.2 Å². The van der Waals surface area contributed by atoms with Gasteiger partial charge in [0.15, 0.2) is 0 Å². The first-order valence-corrected chi connectivity index (χ1v) is 6.74. The number of benzene rings is 1.